The van der Waals surface area contributed by atoms with E-state index < -0.39 is 5.82 Å². The average molecular weight is 591 g/mol. The largest absolute Gasteiger partial charge is 0.490 e. The van der Waals surface area contributed by atoms with E-state index in [0.29, 0.717) is 24.0 Å². The van der Waals surface area contributed by atoms with Gasteiger partial charge in [-0.05, 0) is 57.9 Å². The molecule has 1 spiro atoms. The summed E-state index contributed by atoms with van der Waals surface area (Å²) in [5, 5.41) is 3.46. The first kappa shape index (κ1) is 30.7. The maximum Gasteiger partial charge on any atom is 0.257 e. The van der Waals surface area contributed by atoms with Crippen LogP contribution >= 0.6 is 0 Å². The lowest BCUT2D eigenvalue weighted by molar-refractivity contribution is -0.0350. The molecule has 1 saturated heterocycles. The second kappa shape index (κ2) is 12.8. The summed E-state index contributed by atoms with van der Waals surface area (Å²) >= 11 is 0. The van der Waals surface area contributed by atoms with Gasteiger partial charge in [-0.2, -0.15) is 0 Å². The number of nitrogens with zero attached hydrogens (tertiary/aromatic N) is 5. The van der Waals surface area contributed by atoms with E-state index in [1.165, 1.54) is 30.1 Å². The van der Waals surface area contributed by atoms with Gasteiger partial charge in [-0.3, -0.25) is 9.78 Å². The van der Waals surface area contributed by atoms with Crippen LogP contribution in [-0.2, 0) is 6.54 Å². The van der Waals surface area contributed by atoms with Crippen LogP contribution in [-0.4, -0.2) is 64.1 Å². The second-order valence-corrected chi connectivity index (χ2v) is 11.8. The van der Waals surface area contributed by atoms with E-state index in [2.05, 4.69) is 32.1 Å². The Balaban J connectivity index is 0.00000180. The Hall–Kier alpha value is -3.79. The maximum absolute atomic E-state index is 14.2. The second-order valence-electron chi connectivity index (χ2n) is 11.8. The topological polar surface area (TPSA) is 92.7 Å². The highest BCUT2D eigenvalue weighted by molar-refractivity contribution is 5.97. The van der Waals surface area contributed by atoms with Crippen LogP contribution in [0.4, 0.5) is 10.2 Å². The number of pyridine rings is 1. The van der Waals surface area contributed by atoms with Crippen molar-refractivity contribution in [1.82, 2.24) is 25.2 Å². The SMILES string of the molecule is CC.CCN(C(=O)c1cc(F)ccc1Oc1cncnc1N1CC2(CC(Oc3ccnc4c3CNCC4C)C2)C1)C(C)C. The van der Waals surface area contributed by atoms with E-state index >= 15 is 0 Å². The highest BCUT2D eigenvalue weighted by Crippen LogP contribution is 2.52. The molecule has 3 aliphatic rings. The van der Waals surface area contributed by atoms with Gasteiger partial charge in [0.05, 0.1) is 17.5 Å². The molecular weight excluding hydrogens is 547 g/mol. The summed E-state index contributed by atoms with van der Waals surface area (Å²) in [6.45, 7) is 15.9. The van der Waals surface area contributed by atoms with Crippen LogP contribution in [0.5, 0.6) is 17.2 Å². The first-order valence-corrected chi connectivity index (χ1v) is 15.5. The molecule has 2 aliphatic heterocycles. The van der Waals surface area contributed by atoms with Crippen molar-refractivity contribution in [2.75, 3.05) is 31.1 Å². The number of rotatable bonds is 8. The Morgan fingerprint density at radius 3 is 2.65 bits per heavy atom. The number of halogens is 1. The van der Waals surface area contributed by atoms with Gasteiger partial charge in [0.1, 0.15) is 29.7 Å². The summed E-state index contributed by atoms with van der Waals surface area (Å²) in [5.41, 5.74) is 2.68. The van der Waals surface area contributed by atoms with E-state index in [9.17, 15) is 9.18 Å². The summed E-state index contributed by atoms with van der Waals surface area (Å²) in [7, 11) is 0. The van der Waals surface area contributed by atoms with Gasteiger partial charge >= 0.3 is 0 Å². The molecule has 4 heterocycles. The number of nitrogens with one attached hydrogen (secondary N) is 1. The molecule has 1 N–H and O–H groups in total. The van der Waals surface area contributed by atoms with Gasteiger partial charge in [-0.25, -0.2) is 14.4 Å². The number of hydrogen-bond acceptors (Lipinski definition) is 8. The number of fused-ring (bicyclic) bond motifs is 1. The van der Waals surface area contributed by atoms with Crippen molar-refractivity contribution in [2.24, 2.45) is 5.41 Å². The third-order valence-electron chi connectivity index (χ3n) is 8.51. The molecule has 1 unspecified atom stereocenters. The number of carbonyl (C=O) groups is 1. The number of amides is 1. The molecule has 230 valence electrons. The summed E-state index contributed by atoms with van der Waals surface area (Å²) in [6, 6.07) is 5.97. The zero-order chi connectivity index (χ0) is 30.7. The van der Waals surface area contributed by atoms with Gasteiger partial charge in [0.2, 0.25) is 0 Å². The Kier molecular flexibility index (Phi) is 9.15. The van der Waals surface area contributed by atoms with Crippen molar-refractivity contribution in [3.8, 4) is 17.2 Å². The van der Waals surface area contributed by atoms with Gasteiger partial charge in [0.15, 0.2) is 11.6 Å². The molecule has 2 aromatic heterocycles. The highest BCUT2D eigenvalue weighted by Gasteiger charge is 2.54. The Labute approximate surface area is 253 Å². The number of ether oxygens (including phenoxy) is 2. The number of carbonyl (C=O) groups excluding carboxylic acids is 1. The standard InChI is InChI=1S/C31H37FN6O3.C2H6/c1-5-38(19(2)3)30(39)23-10-21(32)6-7-25(23)41-27-15-34-18-36-29(27)37-16-31(17-37)11-22(12-31)40-26-8-9-35-28-20(4)13-33-14-24(26)28;1-2/h6-10,15,18-20,22,33H,5,11-14,16-17H2,1-4H3;1-2H3. The molecule has 1 amide bonds. The minimum atomic E-state index is -0.491. The monoisotopic (exact) mass is 590 g/mol. The first-order chi connectivity index (χ1) is 20.8. The van der Waals surface area contributed by atoms with E-state index in [0.717, 1.165) is 50.5 Å². The Morgan fingerprint density at radius 1 is 1.16 bits per heavy atom. The molecule has 3 aromatic rings. The highest BCUT2D eigenvalue weighted by atomic mass is 19.1. The van der Waals surface area contributed by atoms with Gasteiger partial charge in [0, 0.05) is 61.9 Å². The number of benzene rings is 1. The van der Waals surface area contributed by atoms with Crippen molar-refractivity contribution in [1.29, 1.82) is 0 Å². The lowest BCUT2D eigenvalue weighted by Gasteiger charge is -2.59. The predicted octanol–water partition coefficient (Wildman–Crippen LogP) is 5.95. The van der Waals surface area contributed by atoms with Crippen molar-refractivity contribution < 1.29 is 18.7 Å². The van der Waals surface area contributed by atoms with Crippen molar-refractivity contribution in [3.63, 3.8) is 0 Å². The smallest absolute Gasteiger partial charge is 0.257 e. The number of hydrogen-bond donors (Lipinski definition) is 1. The molecule has 43 heavy (non-hydrogen) atoms. The molecule has 1 atom stereocenters. The molecule has 0 radical (unpaired) electrons. The van der Waals surface area contributed by atoms with Crippen molar-refractivity contribution in [3.05, 3.63) is 65.6 Å². The van der Waals surface area contributed by atoms with Gasteiger partial charge < -0.3 is 24.6 Å². The van der Waals surface area contributed by atoms with Gasteiger partial charge in [-0.1, -0.05) is 20.8 Å². The Morgan fingerprint density at radius 2 is 1.93 bits per heavy atom. The van der Waals surface area contributed by atoms with Gasteiger partial charge in [-0.15, -0.1) is 0 Å². The van der Waals surface area contributed by atoms with Crippen LogP contribution in [0.25, 0.3) is 0 Å². The van der Waals surface area contributed by atoms with Crippen LogP contribution in [0.1, 0.15) is 81.9 Å². The van der Waals surface area contributed by atoms with Crippen molar-refractivity contribution in [2.45, 2.75) is 79.0 Å². The Bertz CT molecular complexity index is 1440. The lowest BCUT2D eigenvalue weighted by atomic mass is 9.61. The summed E-state index contributed by atoms with van der Waals surface area (Å²) < 4.78 is 26.9. The van der Waals surface area contributed by atoms with E-state index in [1.54, 1.807) is 11.1 Å². The third kappa shape index (κ3) is 6.16. The zero-order valence-electron chi connectivity index (χ0n) is 26.1. The molecule has 6 rings (SSSR count). The molecule has 1 aliphatic carbocycles. The van der Waals surface area contributed by atoms with Crippen LogP contribution in [0, 0.1) is 11.2 Å². The van der Waals surface area contributed by atoms with Crippen LogP contribution in [0.3, 0.4) is 0 Å². The first-order valence-electron chi connectivity index (χ1n) is 15.5. The van der Waals surface area contributed by atoms with E-state index in [1.807, 2.05) is 46.9 Å². The lowest BCUT2D eigenvalue weighted by Crippen LogP contribution is -2.65. The molecule has 10 heteroatoms. The molecule has 1 saturated carbocycles. The molecule has 2 fully saturated rings. The molecular formula is C33H43FN6O3. The van der Waals surface area contributed by atoms with Crippen LogP contribution < -0.4 is 19.7 Å². The number of aromatic nitrogens is 3. The quantitative estimate of drug-likeness (QED) is 0.344. The molecule has 1 aromatic carbocycles. The normalized spacial score (nSPS) is 18.6. The van der Waals surface area contributed by atoms with Crippen LogP contribution in [0.15, 0.2) is 43.0 Å². The average Bonchev–Trinajstić information content (AvgIpc) is 2.96. The third-order valence-corrected chi connectivity index (χ3v) is 8.51. The maximum atomic E-state index is 14.2. The summed E-state index contributed by atoms with van der Waals surface area (Å²) in [4.78, 5) is 30.4. The molecule has 0 bridgehead atoms. The fourth-order valence-electron chi connectivity index (χ4n) is 6.45. The van der Waals surface area contributed by atoms with Gasteiger partial charge in [0.25, 0.3) is 5.91 Å². The minimum absolute atomic E-state index is 0.0315. The minimum Gasteiger partial charge on any atom is -0.490 e. The number of anilines is 1. The van der Waals surface area contributed by atoms with Crippen LogP contribution in [0.2, 0.25) is 0 Å². The predicted molar refractivity (Wildman–Crippen MR) is 164 cm³/mol. The molecule has 9 nitrogen and oxygen atoms in total. The van der Waals surface area contributed by atoms with E-state index in [-0.39, 0.29) is 34.8 Å². The summed E-state index contributed by atoms with van der Waals surface area (Å²) in [6.07, 6.45) is 7.08. The van der Waals surface area contributed by atoms with E-state index in [4.69, 9.17) is 9.47 Å². The fraction of sp³-hybridized carbons (Fsp3) is 0.515. The summed E-state index contributed by atoms with van der Waals surface area (Å²) in [5.74, 6) is 1.94. The zero-order valence-corrected chi connectivity index (χ0v) is 26.1. The van der Waals surface area contributed by atoms with Crippen molar-refractivity contribution >= 4 is 11.7 Å². The fourth-order valence-corrected chi connectivity index (χ4v) is 6.45.